The molecule has 1 saturated heterocycles. The number of urea groups is 1. The van der Waals surface area contributed by atoms with Crippen LogP contribution in [0.5, 0.6) is 0 Å². The van der Waals surface area contributed by atoms with Gasteiger partial charge in [-0.05, 0) is 62.9 Å². The molecular weight excluding hydrogens is 418 g/mol. The van der Waals surface area contributed by atoms with Crippen molar-refractivity contribution >= 4 is 11.8 Å². The van der Waals surface area contributed by atoms with Gasteiger partial charge in [-0.25, -0.2) is 9.59 Å². The number of hydrogen-bond donors (Lipinski definition) is 3. The average molecular weight is 454 g/mol. The Morgan fingerprint density at radius 3 is 2.58 bits per heavy atom. The van der Waals surface area contributed by atoms with Gasteiger partial charge in [0, 0.05) is 51.0 Å². The van der Waals surface area contributed by atoms with Gasteiger partial charge in [-0.3, -0.25) is 9.88 Å². The van der Waals surface area contributed by atoms with Crippen molar-refractivity contribution in [3.8, 4) is 5.69 Å². The van der Waals surface area contributed by atoms with Crippen LogP contribution in [0.3, 0.4) is 0 Å². The summed E-state index contributed by atoms with van der Waals surface area (Å²) in [5, 5.41) is 5.92. The van der Waals surface area contributed by atoms with Crippen LogP contribution in [0.2, 0.25) is 0 Å². The molecule has 9 nitrogen and oxygen atoms in total. The number of carbonyl (C=O) groups excluding carboxylic acids is 1. The summed E-state index contributed by atoms with van der Waals surface area (Å²) < 4.78 is 1.49. The number of likely N-dealkylation sites (N-methyl/N-ethyl adjacent to an activating group) is 1. The quantitative estimate of drug-likeness (QED) is 0.583. The number of nitrogens with zero attached hydrogens (tertiary/aromatic N) is 4. The van der Waals surface area contributed by atoms with E-state index in [1.807, 2.05) is 12.1 Å². The highest BCUT2D eigenvalue weighted by Crippen LogP contribution is 2.26. The van der Waals surface area contributed by atoms with E-state index >= 15 is 0 Å². The summed E-state index contributed by atoms with van der Waals surface area (Å²) in [7, 11) is 2.18. The number of nitrogens with two attached hydrogens (primary N) is 1. The number of nitrogens with one attached hydrogen (secondary N) is 2. The molecule has 1 aliphatic heterocycles. The van der Waals surface area contributed by atoms with Gasteiger partial charge in [0.1, 0.15) is 5.82 Å². The molecule has 2 fully saturated rings. The third-order valence-corrected chi connectivity index (χ3v) is 6.76. The van der Waals surface area contributed by atoms with Gasteiger partial charge in [-0.15, -0.1) is 0 Å². The average Bonchev–Trinajstić information content (AvgIpc) is 2.79. The molecule has 2 amide bonds. The first-order valence-corrected chi connectivity index (χ1v) is 11.8. The second-order valence-corrected chi connectivity index (χ2v) is 9.39. The molecule has 2 aromatic rings. The predicted molar refractivity (Wildman–Crippen MR) is 130 cm³/mol. The van der Waals surface area contributed by atoms with Crippen molar-refractivity contribution in [2.24, 2.45) is 11.7 Å². The molecule has 0 radical (unpaired) electrons. The predicted octanol–water partition coefficient (Wildman–Crippen LogP) is 1.27. The number of piperazine rings is 1. The summed E-state index contributed by atoms with van der Waals surface area (Å²) in [5.74, 6) is 0.986. The van der Waals surface area contributed by atoms with E-state index in [0.717, 1.165) is 50.5 Å². The molecule has 1 aromatic heterocycles. The number of rotatable bonds is 7. The Labute approximate surface area is 195 Å². The lowest BCUT2D eigenvalue weighted by Crippen LogP contribution is -2.48. The lowest BCUT2D eigenvalue weighted by molar-refractivity contribution is 0.153. The van der Waals surface area contributed by atoms with Gasteiger partial charge in [0.2, 0.25) is 0 Å². The van der Waals surface area contributed by atoms with Crippen molar-refractivity contribution in [2.45, 2.75) is 38.3 Å². The first-order chi connectivity index (χ1) is 15.9. The molecule has 4 N–H and O–H groups in total. The molecule has 2 aliphatic rings. The van der Waals surface area contributed by atoms with E-state index in [0.29, 0.717) is 25.2 Å². The fourth-order valence-electron chi connectivity index (χ4n) is 4.54. The third kappa shape index (κ3) is 5.98. The first-order valence-electron chi connectivity index (χ1n) is 11.8. The summed E-state index contributed by atoms with van der Waals surface area (Å²) >= 11 is 0. The standard InChI is InChI=1S/C24H35N7O2/c1-17(29(2)16-19-14-20(25)15-19)13-18-3-5-21(6-4-18)31-10-7-22(28-24(31)33)27-23(32)30-11-8-26-9-12-30/h3-7,10,17,19-20,26H,8-9,11-16,25H2,1-2H3,(H,27,28,32,33). The molecule has 1 atom stereocenters. The van der Waals surface area contributed by atoms with E-state index in [1.54, 1.807) is 17.2 Å². The van der Waals surface area contributed by atoms with Crippen LogP contribution < -0.4 is 22.1 Å². The minimum Gasteiger partial charge on any atom is -0.328 e. The molecule has 2 heterocycles. The van der Waals surface area contributed by atoms with Crippen LogP contribution in [-0.2, 0) is 6.42 Å². The SMILES string of the molecule is CC(Cc1ccc(-n2ccc(NC(=O)N3CCNCC3)nc2=O)cc1)N(C)CC1CC(N)C1. The summed E-state index contributed by atoms with van der Waals surface area (Å²) in [4.78, 5) is 33.1. The molecule has 0 bridgehead atoms. The van der Waals surface area contributed by atoms with Gasteiger partial charge in [-0.2, -0.15) is 4.98 Å². The third-order valence-electron chi connectivity index (χ3n) is 6.76. The molecule has 1 aromatic carbocycles. The summed E-state index contributed by atoms with van der Waals surface area (Å²) in [5.41, 5.74) is 7.46. The largest absolute Gasteiger partial charge is 0.354 e. The Kier molecular flexibility index (Phi) is 7.42. The van der Waals surface area contributed by atoms with Crippen molar-refractivity contribution in [3.63, 3.8) is 0 Å². The highest BCUT2D eigenvalue weighted by molar-refractivity contribution is 5.88. The number of anilines is 1. The monoisotopic (exact) mass is 453 g/mol. The molecular formula is C24H35N7O2. The van der Waals surface area contributed by atoms with Crippen LogP contribution in [0.1, 0.15) is 25.3 Å². The molecule has 178 valence electrons. The minimum absolute atomic E-state index is 0.232. The Morgan fingerprint density at radius 1 is 1.24 bits per heavy atom. The second kappa shape index (κ2) is 10.5. The van der Waals surface area contributed by atoms with Crippen LogP contribution >= 0.6 is 0 Å². The maximum absolute atomic E-state index is 12.6. The van der Waals surface area contributed by atoms with Crippen molar-refractivity contribution in [1.82, 2.24) is 24.7 Å². The lowest BCUT2D eigenvalue weighted by atomic mass is 9.80. The van der Waals surface area contributed by atoms with Crippen molar-refractivity contribution in [1.29, 1.82) is 0 Å². The van der Waals surface area contributed by atoms with Crippen molar-refractivity contribution < 1.29 is 4.79 Å². The van der Waals surface area contributed by atoms with E-state index in [9.17, 15) is 9.59 Å². The van der Waals surface area contributed by atoms with E-state index in [-0.39, 0.29) is 11.8 Å². The second-order valence-electron chi connectivity index (χ2n) is 9.39. The number of hydrogen-bond acceptors (Lipinski definition) is 6. The zero-order chi connectivity index (χ0) is 23.4. The van der Waals surface area contributed by atoms with Gasteiger partial charge in [0.25, 0.3) is 0 Å². The molecule has 1 saturated carbocycles. The van der Waals surface area contributed by atoms with E-state index in [2.05, 4.69) is 46.6 Å². The van der Waals surface area contributed by atoms with E-state index in [1.165, 1.54) is 10.1 Å². The Morgan fingerprint density at radius 2 is 1.94 bits per heavy atom. The maximum Gasteiger partial charge on any atom is 0.354 e. The summed E-state index contributed by atoms with van der Waals surface area (Å²) in [6.45, 7) is 6.14. The topological polar surface area (TPSA) is 109 Å². The molecule has 4 rings (SSSR count). The van der Waals surface area contributed by atoms with Gasteiger partial charge < -0.3 is 20.9 Å². The smallest absolute Gasteiger partial charge is 0.328 e. The lowest BCUT2D eigenvalue weighted by Gasteiger charge is -2.37. The molecule has 0 spiro atoms. The zero-order valence-corrected chi connectivity index (χ0v) is 19.5. The highest BCUT2D eigenvalue weighted by atomic mass is 16.2. The minimum atomic E-state index is -0.423. The van der Waals surface area contributed by atoms with Gasteiger partial charge in [0.15, 0.2) is 0 Å². The van der Waals surface area contributed by atoms with Crippen LogP contribution in [0.15, 0.2) is 41.3 Å². The van der Waals surface area contributed by atoms with Crippen LogP contribution in [0.4, 0.5) is 10.6 Å². The zero-order valence-electron chi connectivity index (χ0n) is 19.5. The van der Waals surface area contributed by atoms with Crippen LogP contribution in [0.25, 0.3) is 5.69 Å². The summed E-state index contributed by atoms with van der Waals surface area (Å²) in [6.07, 6.45) is 4.86. The van der Waals surface area contributed by atoms with Crippen LogP contribution in [-0.4, -0.2) is 77.2 Å². The van der Waals surface area contributed by atoms with Gasteiger partial charge >= 0.3 is 11.7 Å². The van der Waals surface area contributed by atoms with Gasteiger partial charge in [0.05, 0.1) is 5.69 Å². The summed E-state index contributed by atoms with van der Waals surface area (Å²) in [6, 6.07) is 10.2. The fraction of sp³-hybridized carbons (Fsp3) is 0.542. The highest BCUT2D eigenvalue weighted by Gasteiger charge is 2.27. The number of amides is 2. The molecule has 1 unspecified atom stereocenters. The number of carbonyl (C=O) groups is 1. The van der Waals surface area contributed by atoms with Crippen molar-refractivity contribution in [2.75, 3.05) is 45.1 Å². The molecule has 9 heteroatoms. The Hall–Kier alpha value is -2.75. The van der Waals surface area contributed by atoms with Crippen molar-refractivity contribution in [3.05, 3.63) is 52.6 Å². The Bertz CT molecular complexity index is 995. The number of benzene rings is 1. The maximum atomic E-state index is 12.6. The first kappa shape index (κ1) is 23.4. The van der Waals surface area contributed by atoms with Gasteiger partial charge in [-0.1, -0.05) is 12.1 Å². The molecule has 1 aliphatic carbocycles. The fourth-order valence-corrected chi connectivity index (χ4v) is 4.54. The van der Waals surface area contributed by atoms with Crippen LogP contribution in [0, 0.1) is 5.92 Å². The molecule has 33 heavy (non-hydrogen) atoms. The normalized spacial score (nSPS) is 21.5. The van der Waals surface area contributed by atoms with E-state index < -0.39 is 5.69 Å². The van der Waals surface area contributed by atoms with E-state index in [4.69, 9.17) is 5.73 Å². The Balaban J connectivity index is 1.34. The number of aromatic nitrogens is 2.